The maximum Gasteiger partial charge on any atom is 0.333 e. The summed E-state index contributed by atoms with van der Waals surface area (Å²) in [6.07, 6.45) is 17.8. The van der Waals surface area contributed by atoms with E-state index in [-0.39, 0.29) is 5.97 Å². The molecular formula is C21H38O2. The summed E-state index contributed by atoms with van der Waals surface area (Å²) in [5.41, 5.74) is 0.498. The molecule has 134 valence electrons. The van der Waals surface area contributed by atoms with Crippen molar-refractivity contribution in [3.8, 4) is 0 Å². The maximum absolute atomic E-state index is 11.3. The third-order valence-corrected chi connectivity index (χ3v) is 5.27. The molecule has 0 saturated heterocycles. The first-order chi connectivity index (χ1) is 11.1. The number of hydrogen-bond acceptors (Lipinski definition) is 2. The van der Waals surface area contributed by atoms with E-state index in [0.717, 1.165) is 18.3 Å². The van der Waals surface area contributed by atoms with E-state index < -0.39 is 0 Å². The van der Waals surface area contributed by atoms with Crippen molar-refractivity contribution in [2.24, 2.45) is 11.8 Å². The van der Waals surface area contributed by atoms with Crippen molar-refractivity contribution in [3.05, 3.63) is 12.2 Å². The average Bonchev–Trinajstić information content (AvgIpc) is 2.55. The molecule has 0 heterocycles. The first-order valence-corrected chi connectivity index (χ1v) is 9.96. The second-order valence-corrected chi connectivity index (χ2v) is 7.50. The van der Waals surface area contributed by atoms with Crippen molar-refractivity contribution < 1.29 is 9.53 Å². The standard InChI is InChI=1S/C21H38O2/c1-4-5-6-7-8-11-19-13-15-20(16-14-19)12-9-10-17-23-21(22)18(2)3/h19-20H,2,4-17H2,1,3H3. The van der Waals surface area contributed by atoms with E-state index in [1.54, 1.807) is 6.92 Å². The fourth-order valence-electron chi connectivity index (χ4n) is 3.67. The normalized spacial score (nSPS) is 21.1. The maximum atomic E-state index is 11.3. The molecule has 1 aliphatic carbocycles. The molecule has 1 saturated carbocycles. The highest BCUT2D eigenvalue weighted by atomic mass is 16.5. The van der Waals surface area contributed by atoms with Crippen LogP contribution in [-0.2, 0) is 9.53 Å². The monoisotopic (exact) mass is 322 g/mol. The van der Waals surface area contributed by atoms with Gasteiger partial charge in [-0.15, -0.1) is 0 Å². The van der Waals surface area contributed by atoms with E-state index in [1.165, 1.54) is 77.0 Å². The van der Waals surface area contributed by atoms with E-state index in [9.17, 15) is 4.79 Å². The van der Waals surface area contributed by atoms with E-state index in [2.05, 4.69) is 13.5 Å². The minimum absolute atomic E-state index is 0.246. The van der Waals surface area contributed by atoms with Gasteiger partial charge in [0.05, 0.1) is 6.61 Å². The Morgan fingerprint density at radius 1 is 0.913 bits per heavy atom. The predicted octanol–water partition coefficient (Wildman–Crippen LogP) is 6.44. The SMILES string of the molecule is C=C(C)C(=O)OCCCCC1CCC(CCCCCCC)CC1. The van der Waals surface area contributed by atoms with Crippen molar-refractivity contribution in [1.29, 1.82) is 0 Å². The number of rotatable bonds is 12. The Labute approximate surface area is 144 Å². The van der Waals surface area contributed by atoms with Gasteiger partial charge in [0, 0.05) is 5.57 Å². The molecule has 0 atom stereocenters. The zero-order valence-corrected chi connectivity index (χ0v) is 15.6. The minimum atomic E-state index is -0.246. The zero-order chi connectivity index (χ0) is 16.9. The third-order valence-electron chi connectivity index (χ3n) is 5.27. The lowest BCUT2D eigenvalue weighted by molar-refractivity contribution is -0.139. The fourth-order valence-corrected chi connectivity index (χ4v) is 3.67. The average molecular weight is 323 g/mol. The summed E-state index contributed by atoms with van der Waals surface area (Å²) < 4.78 is 5.14. The molecule has 1 fully saturated rings. The highest BCUT2D eigenvalue weighted by molar-refractivity contribution is 5.86. The van der Waals surface area contributed by atoms with E-state index >= 15 is 0 Å². The van der Waals surface area contributed by atoms with E-state index in [0.29, 0.717) is 12.2 Å². The Hall–Kier alpha value is -0.790. The van der Waals surface area contributed by atoms with Crippen molar-refractivity contribution in [2.75, 3.05) is 6.61 Å². The molecule has 1 rings (SSSR count). The molecule has 2 heteroatoms. The molecule has 1 aliphatic rings. The van der Waals surface area contributed by atoms with Gasteiger partial charge < -0.3 is 4.74 Å². The summed E-state index contributed by atoms with van der Waals surface area (Å²) >= 11 is 0. The predicted molar refractivity (Wildman–Crippen MR) is 98.4 cm³/mol. The molecular weight excluding hydrogens is 284 g/mol. The topological polar surface area (TPSA) is 26.3 Å². The van der Waals surface area contributed by atoms with Crippen LogP contribution in [0.5, 0.6) is 0 Å². The molecule has 23 heavy (non-hydrogen) atoms. The Kier molecular flexibility index (Phi) is 11.1. The molecule has 0 radical (unpaired) electrons. The van der Waals surface area contributed by atoms with Crippen molar-refractivity contribution in [3.63, 3.8) is 0 Å². The van der Waals surface area contributed by atoms with Crippen molar-refractivity contribution in [2.45, 2.75) is 97.3 Å². The molecule has 0 unspecified atom stereocenters. The first kappa shape index (κ1) is 20.3. The summed E-state index contributed by atoms with van der Waals surface area (Å²) in [6.45, 7) is 8.13. The van der Waals surface area contributed by atoms with Crippen molar-refractivity contribution in [1.82, 2.24) is 0 Å². The van der Waals surface area contributed by atoms with Crippen LogP contribution in [0.15, 0.2) is 12.2 Å². The molecule has 0 aromatic carbocycles. The Morgan fingerprint density at radius 3 is 1.96 bits per heavy atom. The summed E-state index contributed by atoms with van der Waals surface area (Å²) in [4.78, 5) is 11.3. The van der Waals surface area contributed by atoms with Gasteiger partial charge in [-0.25, -0.2) is 4.79 Å². The number of carbonyl (C=O) groups is 1. The van der Waals surface area contributed by atoms with Crippen LogP contribution in [0, 0.1) is 11.8 Å². The Balaban J connectivity index is 1.95. The van der Waals surface area contributed by atoms with Crippen LogP contribution < -0.4 is 0 Å². The summed E-state index contributed by atoms with van der Waals surface area (Å²) in [5, 5.41) is 0. The van der Waals surface area contributed by atoms with E-state index in [4.69, 9.17) is 4.74 Å². The molecule has 0 aliphatic heterocycles. The number of hydrogen-bond donors (Lipinski definition) is 0. The lowest BCUT2D eigenvalue weighted by atomic mass is 9.78. The lowest BCUT2D eigenvalue weighted by Gasteiger charge is -2.28. The van der Waals surface area contributed by atoms with Gasteiger partial charge >= 0.3 is 5.97 Å². The van der Waals surface area contributed by atoms with Gasteiger partial charge in [-0.3, -0.25) is 0 Å². The second-order valence-electron chi connectivity index (χ2n) is 7.50. The van der Waals surface area contributed by atoms with Crippen LogP contribution in [0.25, 0.3) is 0 Å². The highest BCUT2D eigenvalue weighted by Gasteiger charge is 2.20. The molecule has 0 spiro atoms. The molecule has 0 amide bonds. The summed E-state index contributed by atoms with van der Waals surface area (Å²) in [6, 6.07) is 0. The van der Waals surface area contributed by atoms with Crippen LogP contribution in [0.1, 0.15) is 97.3 Å². The third kappa shape index (κ3) is 9.84. The number of esters is 1. The summed E-state index contributed by atoms with van der Waals surface area (Å²) in [7, 11) is 0. The van der Waals surface area contributed by atoms with Gasteiger partial charge in [0.25, 0.3) is 0 Å². The number of carbonyl (C=O) groups excluding carboxylic acids is 1. The van der Waals surface area contributed by atoms with Crippen molar-refractivity contribution >= 4 is 5.97 Å². The fraction of sp³-hybridized carbons (Fsp3) is 0.857. The molecule has 0 N–H and O–H groups in total. The van der Waals surface area contributed by atoms with Crippen LogP contribution in [-0.4, -0.2) is 12.6 Å². The highest BCUT2D eigenvalue weighted by Crippen LogP contribution is 2.34. The number of unbranched alkanes of at least 4 members (excludes halogenated alkanes) is 5. The van der Waals surface area contributed by atoms with E-state index in [1.807, 2.05) is 0 Å². The van der Waals surface area contributed by atoms with Crippen LogP contribution in [0.4, 0.5) is 0 Å². The first-order valence-electron chi connectivity index (χ1n) is 9.96. The van der Waals surface area contributed by atoms with Crippen LogP contribution >= 0.6 is 0 Å². The molecule has 0 bridgehead atoms. The minimum Gasteiger partial charge on any atom is -0.462 e. The Morgan fingerprint density at radius 2 is 1.43 bits per heavy atom. The van der Waals surface area contributed by atoms with Gasteiger partial charge in [0.15, 0.2) is 0 Å². The van der Waals surface area contributed by atoms with Gasteiger partial charge in [0.1, 0.15) is 0 Å². The second kappa shape index (κ2) is 12.6. The molecule has 0 aromatic rings. The summed E-state index contributed by atoms with van der Waals surface area (Å²) in [5.74, 6) is 1.68. The zero-order valence-electron chi connectivity index (χ0n) is 15.6. The van der Waals surface area contributed by atoms with Crippen LogP contribution in [0.3, 0.4) is 0 Å². The van der Waals surface area contributed by atoms with Gasteiger partial charge in [-0.1, -0.05) is 84.1 Å². The Bertz CT molecular complexity index is 327. The lowest BCUT2D eigenvalue weighted by Crippen LogP contribution is -2.15. The van der Waals surface area contributed by atoms with Gasteiger partial charge in [0.2, 0.25) is 0 Å². The van der Waals surface area contributed by atoms with Gasteiger partial charge in [-0.2, -0.15) is 0 Å². The van der Waals surface area contributed by atoms with Crippen LogP contribution in [0.2, 0.25) is 0 Å². The number of ether oxygens (including phenoxy) is 1. The quantitative estimate of drug-likeness (QED) is 0.235. The molecule has 2 nitrogen and oxygen atoms in total. The largest absolute Gasteiger partial charge is 0.462 e. The van der Waals surface area contributed by atoms with Gasteiger partial charge in [-0.05, 0) is 31.6 Å². The smallest absolute Gasteiger partial charge is 0.333 e. The molecule has 0 aromatic heterocycles.